The molecule has 0 aliphatic carbocycles. The summed E-state index contributed by atoms with van der Waals surface area (Å²) in [6, 6.07) is 11.9. The summed E-state index contributed by atoms with van der Waals surface area (Å²) >= 11 is 3.29. The van der Waals surface area contributed by atoms with Gasteiger partial charge in [0.25, 0.3) is 5.91 Å². The topological polar surface area (TPSA) is 84.2 Å². The van der Waals surface area contributed by atoms with Crippen LogP contribution in [0.5, 0.6) is 0 Å². The molecule has 5 nitrogen and oxygen atoms in total. The van der Waals surface area contributed by atoms with Crippen molar-refractivity contribution in [2.24, 2.45) is 0 Å². The van der Waals surface area contributed by atoms with E-state index in [-0.39, 0.29) is 11.8 Å². The van der Waals surface area contributed by atoms with Crippen LogP contribution in [0.2, 0.25) is 0 Å². The van der Waals surface area contributed by atoms with Crippen LogP contribution in [0, 0.1) is 0 Å². The van der Waals surface area contributed by atoms with Crippen LogP contribution in [0.15, 0.2) is 46.9 Å². The summed E-state index contributed by atoms with van der Waals surface area (Å²) in [4.78, 5) is 23.1. The third-order valence-corrected chi connectivity index (χ3v) is 3.21. The van der Waals surface area contributed by atoms with E-state index in [9.17, 15) is 9.59 Å². The van der Waals surface area contributed by atoms with Gasteiger partial charge in [-0.1, -0.05) is 15.9 Å². The van der Waals surface area contributed by atoms with Gasteiger partial charge in [-0.05, 0) is 42.5 Å². The van der Waals surface area contributed by atoms with Gasteiger partial charge in [-0.15, -0.1) is 0 Å². The number of halogens is 1. The van der Waals surface area contributed by atoms with Crippen molar-refractivity contribution in [1.29, 1.82) is 0 Å². The van der Waals surface area contributed by atoms with Gasteiger partial charge >= 0.3 is 0 Å². The smallest absolute Gasteiger partial charge is 0.257 e. The number of hydrogen-bond donors (Lipinski definition) is 3. The number of nitrogens with one attached hydrogen (secondary N) is 2. The SMILES string of the molecule is CC(=O)Nc1ccc(NC(=O)c2ccc(Br)cc2N)cc1. The van der Waals surface area contributed by atoms with Crippen LogP contribution in [0.4, 0.5) is 17.1 Å². The first-order valence-corrected chi connectivity index (χ1v) is 6.99. The highest BCUT2D eigenvalue weighted by atomic mass is 79.9. The van der Waals surface area contributed by atoms with Crippen molar-refractivity contribution in [2.45, 2.75) is 6.92 Å². The molecule has 0 heterocycles. The first-order chi connectivity index (χ1) is 9.95. The Kier molecular flexibility index (Phi) is 4.59. The Labute approximate surface area is 130 Å². The Morgan fingerprint density at radius 3 is 2.10 bits per heavy atom. The fraction of sp³-hybridized carbons (Fsp3) is 0.0667. The second-order valence-corrected chi connectivity index (χ2v) is 5.36. The second kappa shape index (κ2) is 6.41. The molecule has 0 unspecified atom stereocenters. The first-order valence-electron chi connectivity index (χ1n) is 6.20. The number of carbonyl (C=O) groups is 2. The van der Waals surface area contributed by atoms with Crippen molar-refractivity contribution in [3.63, 3.8) is 0 Å². The minimum atomic E-state index is -0.285. The number of carbonyl (C=O) groups excluding carboxylic acids is 2. The average molecular weight is 348 g/mol. The highest BCUT2D eigenvalue weighted by molar-refractivity contribution is 9.10. The Hall–Kier alpha value is -2.34. The van der Waals surface area contributed by atoms with Crippen molar-refractivity contribution in [3.05, 3.63) is 52.5 Å². The molecule has 0 saturated carbocycles. The first kappa shape index (κ1) is 15.1. The molecule has 2 amide bonds. The Balaban J connectivity index is 2.10. The normalized spacial score (nSPS) is 10.0. The number of nitrogens with two attached hydrogens (primary N) is 1. The molecule has 2 aromatic rings. The molecule has 0 saturated heterocycles. The lowest BCUT2D eigenvalue weighted by Crippen LogP contribution is -2.14. The van der Waals surface area contributed by atoms with E-state index < -0.39 is 0 Å². The maximum absolute atomic E-state index is 12.1. The molecule has 2 rings (SSSR count). The van der Waals surface area contributed by atoms with Gasteiger partial charge in [-0.3, -0.25) is 9.59 Å². The third-order valence-electron chi connectivity index (χ3n) is 2.72. The zero-order valence-electron chi connectivity index (χ0n) is 11.3. The number of rotatable bonds is 3. The summed E-state index contributed by atoms with van der Waals surface area (Å²) in [6.07, 6.45) is 0. The molecule has 4 N–H and O–H groups in total. The summed E-state index contributed by atoms with van der Waals surface area (Å²) in [7, 11) is 0. The Morgan fingerprint density at radius 2 is 1.57 bits per heavy atom. The molecular weight excluding hydrogens is 334 g/mol. The monoisotopic (exact) mass is 347 g/mol. The Bertz CT molecular complexity index is 684. The number of anilines is 3. The lowest BCUT2D eigenvalue weighted by Gasteiger charge is -2.09. The maximum Gasteiger partial charge on any atom is 0.257 e. The van der Waals surface area contributed by atoms with Gasteiger partial charge in [-0.25, -0.2) is 0 Å². The summed E-state index contributed by atoms with van der Waals surface area (Å²) in [5.41, 5.74) is 7.91. The molecule has 0 fully saturated rings. The summed E-state index contributed by atoms with van der Waals surface area (Å²) in [5, 5.41) is 5.41. The predicted molar refractivity (Wildman–Crippen MR) is 87.3 cm³/mol. The van der Waals surface area contributed by atoms with E-state index in [0.717, 1.165) is 4.47 Å². The van der Waals surface area contributed by atoms with E-state index in [1.807, 2.05) is 0 Å². The molecule has 21 heavy (non-hydrogen) atoms. The maximum atomic E-state index is 12.1. The molecule has 6 heteroatoms. The Morgan fingerprint density at radius 1 is 1.00 bits per heavy atom. The average Bonchev–Trinajstić information content (AvgIpc) is 2.40. The fourth-order valence-electron chi connectivity index (χ4n) is 1.78. The fourth-order valence-corrected chi connectivity index (χ4v) is 2.16. The molecule has 0 aliphatic rings. The van der Waals surface area contributed by atoms with Crippen molar-refractivity contribution in [1.82, 2.24) is 0 Å². The second-order valence-electron chi connectivity index (χ2n) is 4.44. The summed E-state index contributed by atoms with van der Waals surface area (Å²) in [5.74, 6) is -0.429. The molecule has 0 aliphatic heterocycles. The number of benzene rings is 2. The van der Waals surface area contributed by atoms with Crippen LogP contribution >= 0.6 is 15.9 Å². The van der Waals surface area contributed by atoms with Gasteiger partial charge in [0, 0.05) is 28.5 Å². The van der Waals surface area contributed by atoms with E-state index >= 15 is 0 Å². The molecule has 0 atom stereocenters. The van der Waals surface area contributed by atoms with E-state index in [1.54, 1.807) is 42.5 Å². The van der Waals surface area contributed by atoms with Gasteiger partial charge in [0.2, 0.25) is 5.91 Å². The highest BCUT2D eigenvalue weighted by Crippen LogP contribution is 2.20. The van der Waals surface area contributed by atoms with E-state index in [1.165, 1.54) is 6.92 Å². The minimum absolute atomic E-state index is 0.144. The van der Waals surface area contributed by atoms with Crippen molar-refractivity contribution in [3.8, 4) is 0 Å². The molecule has 0 bridgehead atoms. The van der Waals surface area contributed by atoms with Gasteiger partial charge < -0.3 is 16.4 Å². The van der Waals surface area contributed by atoms with Crippen molar-refractivity contribution in [2.75, 3.05) is 16.4 Å². The summed E-state index contributed by atoms with van der Waals surface area (Å²) in [6.45, 7) is 1.44. The molecule has 0 radical (unpaired) electrons. The van der Waals surface area contributed by atoms with E-state index in [2.05, 4.69) is 26.6 Å². The zero-order valence-corrected chi connectivity index (χ0v) is 12.9. The van der Waals surface area contributed by atoms with Crippen LogP contribution in [0.25, 0.3) is 0 Å². The standard InChI is InChI=1S/C15H14BrN3O2/c1-9(20)18-11-3-5-12(6-4-11)19-15(21)13-7-2-10(16)8-14(13)17/h2-8H,17H2,1H3,(H,18,20)(H,19,21). The third kappa shape index (κ3) is 4.06. The van der Waals surface area contributed by atoms with Crippen LogP contribution in [-0.4, -0.2) is 11.8 Å². The van der Waals surface area contributed by atoms with Crippen molar-refractivity contribution < 1.29 is 9.59 Å². The van der Waals surface area contributed by atoms with E-state index in [4.69, 9.17) is 5.73 Å². The van der Waals surface area contributed by atoms with Crippen LogP contribution in [-0.2, 0) is 4.79 Å². The lowest BCUT2D eigenvalue weighted by atomic mass is 10.1. The van der Waals surface area contributed by atoms with Gasteiger partial charge in [0.1, 0.15) is 0 Å². The zero-order chi connectivity index (χ0) is 15.4. The predicted octanol–water partition coefficient (Wildman–Crippen LogP) is 3.24. The van der Waals surface area contributed by atoms with Crippen molar-refractivity contribution >= 4 is 44.8 Å². The van der Waals surface area contributed by atoms with Gasteiger partial charge in [-0.2, -0.15) is 0 Å². The number of nitrogen functional groups attached to an aromatic ring is 1. The quantitative estimate of drug-likeness (QED) is 0.745. The largest absolute Gasteiger partial charge is 0.398 e. The van der Waals surface area contributed by atoms with Crippen LogP contribution < -0.4 is 16.4 Å². The van der Waals surface area contributed by atoms with Crippen LogP contribution in [0.3, 0.4) is 0 Å². The highest BCUT2D eigenvalue weighted by Gasteiger charge is 2.10. The number of hydrogen-bond acceptors (Lipinski definition) is 3. The molecule has 0 aromatic heterocycles. The molecule has 2 aromatic carbocycles. The van der Waals surface area contributed by atoms with Crippen LogP contribution in [0.1, 0.15) is 17.3 Å². The van der Waals surface area contributed by atoms with Gasteiger partial charge in [0.05, 0.1) is 5.56 Å². The van der Waals surface area contributed by atoms with E-state index in [0.29, 0.717) is 22.6 Å². The minimum Gasteiger partial charge on any atom is -0.398 e. The van der Waals surface area contributed by atoms with Gasteiger partial charge in [0.15, 0.2) is 0 Å². The molecule has 108 valence electrons. The lowest BCUT2D eigenvalue weighted by molar-refractivity contribution is -0.114. The molecular formula is C15H14BrN3O2. The summed E-state index contributed by atoms with van der Waals surface area (Å²) < 4.78 is 0.816. The number of amides is 2. The molecule has 0 spiro atoms.